The van der Waals surface area contributed by atoms with Gasteiger partial charge in [-0.15, -0.1) is 0 Å². The third-order valence-corrected chi connectivity index (χ3v) is 1.60. The van der Waals surface area contributed by atoms with Gasteiger partial charge in [-0.25, -0.2) is 0 Å². The second-order valence-corrected chi connectivity index (χ2v) is 2.45. The lowest BCUT2D eigenvalue weighted by atomic mass is 10.2. The van der Waals surface area contributed by atoms with Crippen LogP contribution in [0.15, 0.2) is 12.3 Å². The molecule has 0 radical (unpaired) electrons. The summed E-state index contributed by atoms with van der Waals surface area (Å²) in [5.74, 6) is 0. The molecule has 0 spiro atoms. The van der Waals surface area contributed by atoms with Crippen molar-refractivity contribution in [2.75, 3.05) is 13.6 Å². The fraction of sp³-hybridized carbons (Fsp3) is 0.571. The Labute approximate surface area is 65.8 Å². The Balaban J connectivity index is 2.67. The Morgan fingerprint density at radius 1 is 1.82 bits per heavy atom. The lowest BCUT2D eigenvalue weighted by Crippen LogP contribution is -2.18. The number of hydrogen-bond donors (Lipinski definition) is 2. The first-order chi connectivity index (χ1) is 5.25. The average molecular weight is 155 g/mol. The second-order valence-electron chi connectivity index (χ2n) is 2.45. The molecule has 1 aromatic heterocycles. The summed E-state index contributed by atoms with van der Waals surface area (Å²) >= 11 is 0. The molecular formula is C7H13N3O. The van der Waals surface area contributed by atoms with Gasteiger partial charge in [0.15, 0.2) is 0 Å². The third-order valence-electron chi connectivity index (χ3n) is 1.60. The monoisotopic (exact) mass is 155 g/mol. The number of nitrogens with one attached hydrogen (secondary N) is 1. The molecule has 1 atom stereocenters. The fourth-order valence-corrected chi connectivity index (χ4v) is 1.01. The average Bonchev–Trinajstić information content (AvgIpc) is 2.36. The zero-order valence-electron chi connectivity index (χ0n) is 6.78. The van der Waals surface area contributed by atoms with E-state index in [1.807, 2.05) is 13.1 Å². The van der Waals surface area contributed by atoms with Crippen molar-refractivity contribution >= 4 is 0 Å². The molecule has 1 unspecified atom stereocenters. The highest BCUT2D eigenvalue weighted by Gasteiger charge is 2.08. The summed E-state index contributed by atoms with van der Waals surface area (Å²) in [4.78, 5) is 0. The Morgan fingerprint density at radius 2 is 2.55 bits per heavy atom. The van der Waals surface area contributed by atoms with E-state index in [1.54, 1.807) is 17.9 Å². The molecule has 4 heteroatoms. The fourth-order valence-electron chi connectivity index (χ4n) is 1.01. The quantitative estimate of drug-likeness (QED) is 0.628. The van der Waals surface area contributed by atoms with Crippen LogP contribution >= 0.6 is 0 Å². The summed E-state index contributed by atoms with van der Waals surface area (Å²) < 4.78 is 1.67. The van der Waals surface area contributed by atoms with E-state index in [4.69, 9.17) is 0 Å². The number of nitrogens with zero attached hydrogens (tertiary/aromatic N) is 2. The van der Waals surface area contributed by atoms with Crippen molar-refractivity contribution in [3.8, 4) is 0 Å². The molecule has 1 rings (SSSR count). The van der Waals surface area contributed by atoms with Gasteiger partial charge >= 0.3 is 0 Å². The van der Waals surface area contributed by atoms with Gasteiger partial charge in [-0.3, -0.25) is 4.68 Å². The molecular weight excluding hydrogens is 142 g/mol. The first-order valence-electron chi connectivity index (χ1n) is 3.56. The van der Waals surface area contributed by atoms with Crippen molar-refractivity contribution in [1.29, 1.82) is 0 Å². The lowest BCUT2D eigenvalue weighted by Gasteiger charge is -2.09. The minimum atomic E-state index is -0.465. The standard InChI is InChI=1S/C7H13N3O/c1-8-5-7(11)6-3-4-9-10(6)2/h3-4,7-8,11H,5H2,1-2H3. The van der Waals surface area contributed by atoms with Gasteiger partial charge in [-0.1, -0.05) is 0 Å². The van der Waals surface area contributed by atoms with Gasteiger partial charge in [0.1, 0.15) is 6.10 Å². The molecule has 0 amide bonds. The van der Waals surface area contributed by atoms with Crippen LogP contribution in [-0.4, -0.2) is 28.5 Å². The Hall–Kier alpha value is -0.870. The highest BCUT2D eigenvalue weighted by Crippen LogP contribution is 2.08. The molecule has 0 aliphatic heterocycles. The van der Waals surface area contributed by atoms with Crippen LogP contribution in [0, 0.1) is 0 Å². The molecule has 2 N–H and O–H groups in total. The number of hydrogen-bond acceptors (Lipinski definition) is 3. The van der Waals surface area contributed by atoms with Crippen molar-refractivity contribution in [3.05, 3.63) is 18.0 Å². The van der Waals surface area contributed by atoms with Crippen molar-refractivity contribution in [1.82, 2.24) is 15.1 Å². The van der Waals surface area contributed by atoms with E-state index in [1.165, 1.54) is 0 Å². The highest BCUT2D eigenvalue weighted by atomic mass is 16.3. The normalized spacial score (nSPS) is 13.4. The topological polar surface area (TPSA) is 50.1 Å². The second kappa shape index (κ2) is 3.50. The van der Waals surface area contributed by atoms with Gasteiger partial charge in [0.25, 0.3) is 0 Å². The first kappa shape index (κ1) is 8.23. The molecule has 0 aliphatic carbocycles. The van der Waals surface area contributed by atoms with E-state index in [0.29, 0.717) is 6.54 Å². The number of rotatable bonds is 3. The van der Waals surface area contributed by atoms with Crippen LogP contribution in [0.25, 0.3) is 0 Å². The summed E-state index contributed by atoms with van der Waals surface area (Å²) in [6.45, 7) is 0.555. The predicted octanol–water partition coefficient (Wildman–Crippen LogP) is -0.327. The van der Waals surface area contributed by atoms with Crippen molar-refractivity contribution in [2.24, 2.45) is 7.05 Å². The van der Waals surface area contributed by atoms with Crippen molar-refractivity contribution in [2.45, 2.75) is 6.10 Å². The van der Waals surface area contributed by atoms with E-state index in [2.05, 4.69) is 10.4 Å². The van der Waals surface area contributed by atoms with Gasteiger partial charge in [-0.2, -0.15) is 5.10 Å². The van der Waals surface area contributed by atoms with Crippen LogP contribution in [0.5, 0.6) is 0 Å². The maximum atomic E-state index is 9.47. The lowest BCUT2D eigenvalue weighted by molar-refractivity contribution is 0.168. The van der Waals surface area contributed by atoms with Crippen LogP contribution < -0.4 is 5.32 Å². The third kappa shape index (κ3) is 1.78. The number of aryl methyl sites for hydroxylation is 1. The highest BCUT2D eigenvalue weighted by molar-refractivity contribution is 5.04. The van der Waals surface area contributed by atoms with E-state index in [9.17, 15) is 5.11 Å². The van der Waals surface area contributed by atoms with Crippen LogP contribution in [0.1, 0.15) is 11.8 Å². The maximum absolute atomic E-state index is 9.47. The molecule has 62 valence electrons. The number of aromatic nitrogens is 2. The van der Waals surface area contributed by atoms with Gasteiger partial charge in [0, 0.05) is 19.8 Å². The molecule has 1 heterocycles. The summed E-state index contributed by atoms with van der Waals surface area (Å²) in [7, 11) is 3.62. The van der Waals surface area contributed by atoms with Crippen LogP contribution in [0.3, 0.4) is 0 Å². The largest absolute Gasteiger partial charge is 0.385 e. The first-order valence-corrected chi connectivity index (χ1v) is 3.56. The van der Waals surface area contributed by atoms with Crippen LogP contribution in [-0.2, 0) is 7.05 Å². The molecule has 0 aliphatic rings. The number of aliphatic hydroxyl groups excluding tert-OH is 1. The smallest absolute Gasteiger partial charge is 0.108 e. The van der Waals surface area contributed by atoms with Crippen molar-refractivity contribution in [3.63, 3.8) is 0 Å². The minimum absolute atomic E-state index is 0.465. The molecule has 4 nitrogen and oxygen atoms in total. The minimum Gasteiger partial charge on any atom is -0.385 e. The Kier molecular flexibility index (Phi) is 2.62. The summed E-state index contributed by atoms with van der Waals surface area (Å²) in [6, 6.07) is 1.81. The molecule has 0 saturated heterocycles. The van der Waals surface area contributed by atoms with Gasteiger partial charge < -0.3 is 10.4 Å². The molecule has 0 fully saturated rings. The number of likely N-dealkylation sites (N-methyl/N-ethyl adjacent to an activating group) is 1. The molecule has 0 bridgehead atoms. The zero-order valence-corrected chi connectivity index (χ0v) is 6.78. The van der Waals surface area contributed by atoms with Gasteiger partial charge in [-0.05, 0) is 13.1 Å². The van der Waals surface area contributed by atoms with Gasteiger partial charge in [0.05, 0.1) is 5.69 Å². The summed E-state index contributed by atoms with van der Waals surface area (Å²) in [6.07, 6.45) is 1.21. The zero-order chi connectivity index (χ0) is 8.27. The van der Waals surface area contributed by atoms with Crippen LogP contribution in [0.2, 0.25) is 0 Å². The Bertz CT molecular complexity index is 221. The molecule has 0 aromatic carbocycles. The summed E-state index contributed by atoms with van der Waals surface area (Å²) in [5, 5.41) is 16.3. The van der Waals surface area contributed by atoms with E-state index < -0.39 is 6.10 Å². The van der Waals surface area contributed by atoms with E-state index in [-0.39, 0.29) is 0 Å². The van der Waals surface area contributed by atoms with E-state index in [0.717, 1.165) is 5.69 Å². The van der Waals surface area contributed by atoms with E-state index >= 15 is 0 Å². The maximum Gasteiger partial charge on any atom is 0.108 e. The van der Waals surface area contributed by atoms with Gasteiger partial charge in [0.2, 0.25) is 0 Å². The Morgan fingerprint density at radius 3 is 3.00 bits per heavy atom. The predicted molar refractivity (Wildman–Crippen MR) is 42.1 cm³/mol. The SMILES string of the molecule is CNCC(O)c1ccnn1C. The van der Waals surface area contributed by atoms with Crippen LogP contribution in [0.4, 0.5) is 0 Å². The molecule has 1 aromatic rings. The molecule has 0 saturated carbocycles. The molecule has 11 heavy (non-hydrogen) atoms. The summed E-state index contributed by atoms with van der Waals surface area (Å²) in [5.41, 5.74) is 0.833. The van der Waals surface area contributed by atoms with Crippen molar-refractivity contribution < 1.29 is 5.11 Å². The number of aliphatic hydroxyl groups is 1.